The molecule has 1 heterocycles. The molecule has 1 rings (SSSR count). The number of carbonyl (C=O) groups excluding carboxylic acids is 3. The van der Waals surface area contributed by atoms with Crippen LogP contribution in [0.2, 0.25) is 0 Å². The Bertz CT molecular complexity index is 486. The summed E-state index contributed by atoms with van der Waals surface area (Å²) in [6.45, 7) is 7.91. The van der Waals surface area contributed by atoms with Gasteiger partial charge in [-0.1, -0.05) is 6.58 Å². The molecule has 1 fully saturated rings. The third-order valence-corrected chi connectivity index (χ3v) is 2.59. The van der Waals surface area contributed by atoms with Crippen LogP contribution in [0.15, 0.2) is 24.5 Å². The van der Waals surface area contributed by atoms with Gasteiger partial charge in [0.25, 0.3) is 0 Å². The number of hydrazine groups is 1. The van der Waals surface area contributed by atoms with Crippen LogP contribution in [-0.4, -0.2) is 65.7 Å². The molecule has 1 unspecified atom stereocenters. The molecule has 1 aliphatic rings. The van der Waals surface area contributed by atoms with Gasteiger partial charge in [0.15, 0.2) is 0 Å². The molecule has 2 amide bonds. The number of aliphatic hydroxyl groups excluding tert-OH is 2. The molecule has 142 valence electrons. The van der Waals surface area contributed by atoms with E-state index in [-0.39, 0.29) is 37.1 Å². The second kappa shape index (κ2) is 12.8. The van der Waals surface area contributed by atoms with Crippen molar-refractivity contribution in [2.75, 3.05) is 26.2 Å². The summed E-state index contributed by atoms with van der Waals surface area (Å²) < 4.78 is 9.08. The number of esters is 1. The molecule has 1 atom stereocenters. The quantitative estimate of drug-likeness (QED) is 0.156. The van der Waals surface area contributed by atoms with Crippen molar-refractivity contribution >= 4 is 18.0 Å². The molecule has 0 aliphatic carbocycles. The van der Waals surface area contributed by atoms with Crippen molar-refractivity contribution in [2.24, 2.45) is 0 Å². The number of cyclic esters (lactones) is 1. The molecule has 0 radical (unpaired) electrons. The maximum Gasteiger partial charge on any atom is 0.407 e. The number of nitrogens with one attached hydrogen (secondary N) is 2. The fourth-order valence-electron chi connectivity index (χ4n) is 1.49. The Kier molecular flexibility index (Phi) is 11.5. The topological polar surface area (TPSA) is 137 Å². The van der Waals surface area contributed by atoms with Gasteiger partial charge in [-0.2, -0.15) is 0 Å². The highest BCUT2D eigenvalue weighted by molar-refractivity contribution is 5.86. The van der Waals surface area contributed by atoms with Crippen LogP contribution in [0.25, 0.3) is 0 Å². The van der Waals surface area contributed by atoms with Gasteiger partial charge >= 0.3 is 12.1 Å². The molecule has 4 N–H and O–H groups in total. The van der Waals surface area contributed by atoms with Gasteiger partial charge in [-0.05, 0) is 13.0 Å². The van der Waals surface area contributed by atoms with E-state index in [1.165, 1.54) is 24.9 Å². The molecular weight excluding hydrogens is 334 g/mol. The van der Waals surface area contributed by atoms with E-state index in [9.17, 15) is 19.5 Å². The van der Waals surface area contributed by atoms with Crippen LogP contribution in [0.1, 0.15) is 20.3 Å². The molecule has 0 aromatic heterocycles. The standard InChI is InChI=1S/C12H20N2O5.C3H5NO2/c1-9(2)12(18)19-11(17)5-7-14(6-4-8-15)13-10(3)16;5-3-4-1-2-6-3/h4,8,11,15,17H,1,5-7H2,2-3H3,(H,13,16);1-2H2,(H,4,5). The predicted octanol–water partition coefficient (Wildman–Crippen LogP) is -0.0348. The van der Waals surface area contributed by atoms with E-state index in [0.29, 0.717) is 13.2 Å². The second-order valence-electron chi connectivity index (χ2n) is 4.99. The first-order valence-corrected chi connectivity index (χ1v) is 7.52. The number of rotatable bonds is 8. The average Bonchev–Trinajstić information content (AvgIpc) is 3.01. The van der Waals surface area contributed by atoms with Gasteiger partial charge in [0.1, 0.15) is 6.61 Å². The number of hydrogen-bond donors (Lipinski definition) is 4. The first-order valence-electron chi connectivity index (χ1n) is 7.52. The third kappa shape index (κ3) is 12.5. The predicted molar refractivity (Wildman–Crippen MR) is 88.0 cm³/mol. The summed E-state index contributed by atoms with van der Waals surface area (Å²) in [6, 6.07) is 0. The van der Waals surface area contributed by atoms with Crippen LogP contribution in [-0.2, 0) is 19.1 Å². The van der Waals surface area contributed by atoms with E-state index in [1.807, 2.05) is 0 Å². The maximum absolute atomic E-state index is 11.1. The summed E-state index contributed by atoms with van der Waals surface area (Å²) in [6.07, 6.45) is 0.807. The lowest BCUT2D eigenvalue weighted by molar-refractivity contribution is -0.164. The highest BCUT2D eigenvalue weighted by Crippen LogP contribution is 2.01. The average molecular weight is 359 g/mol. The monoisotopic (exact) mass is 359 g/mol. The molecule has 1 aliphatic heterocycles. The van der Waals surface area contributed by atoms with Crippen molar-refractivity contribution < 1.29 is 34.1 Å². The minimum Gasteiger partial charge on any atom is -0.516 e. The van der Waals surface area contributed by atoms with Crippen molar-refractivity contribution in [3.63, 3.8) is 0 Å². The Balaban J connectivity index is 0.000000796. The van der Waals surface area contributed by atoms with Crippen LogP contribution in [0.4, 0.5) is 4.79 Å². The molecule has 0 aromatic carbocycles. The highest BCUT2D eigenvalue weighted by Gasteiger charge is 2.14. The molecular formula is C15H25N3O7. The van der Waals surface area contributed by atoms with Crippen molar-refractivity contribution in [1.29, 1.82) is 0 Å². The fourth-order valence-corrected chi connectivity index (χ4v) is 1.49. The molecule has 1 saturated heterocycles. The first-order chi connectivity index (χ1) is 11.8. The first kappa shape index (κ1) is 22.4. The zero-order valence-electron chi connectivity index (χ0n) is 14.4. The van der Waals surface area contributed by atoms with E-state index in [0.717, 1.165) is 6.26 Å². The number of alkyl carbamates (subject to hydrolysis) is 1. The highest BCUT2D eigenvalue weighted by atomic mass is 16.6. The minimum absolute atomic E-state index is 0.110. The minimum atomic E-state index is -1.28. The summed E-state index contributed by atoms with van der Waals surface area (Å²) in [5.41, 5.74) is 2.70. The van der Waals surface area contributed by atoms with Gasteiger partial charge < -0.3 is 25.0 Å². The molecule has 0 saturated carbocycles. The van der Waals surface area contributed by atoms with Crippen LogP contribution < -0.4 is 10.7 Å². The normalized spacial score (nSPS) is 14.2. The molecule has 25 heavy (non-hydrogen) atoms. The SMILES string of the molecule is C=C(C)C(=O)OC(O)CCN(CC=CO)NC(C)=O.O=C1NCCO1. The van der Waals surface area contributed by atoms with Gasteiger partial charge in [0.05, 0.1) is 12.8 Å². The van der Waals surface area contributed by atoms with Crippen LogP contribution >= 0.6 is 0 Å². The zero-order valence-corrected chi connectivity index (χ0v) is 14.4. The summed E-state index contributed by atoms with van der Waals surface area (Å²) in [5, 5.41) is 22.0. The van der Waals surface area contributed by atoms with E-state index in [4.69, 9.17) is 5.11 Å². The smallest absolute Gasteiger partial charge is 0.407 e. The Morgan fingerprint density at radius 3 is 2.60 bits per heavy atom. The fraction of sp³-hybridized carbons (Fsp3) is 0.533. The second-order valence-corrected chi connectivity index (χ2v) is 4.99. The van der Waals surface area contributed by atoms with Crippen molar-refractivity contribution in [3.8, 4) is 0 Å². The molecule has 10 nitrogen and oxygen atoms in total. The van der Waals surface area contributed by atoms with Crippen LogP contribution in [0.5, 0.6) is 0 Å². The summed E-state index contributed by atoms with van der Waals surface area (Å²) in [7, 11) is 0. The Hall–Kier alpha value is -2.59. The maximum atomic E-state index is 11.1. The Labute approximate surface area is 146 Å². The molecule has 0 aromatic rings. The summed E-state index contributed by atoms with van der Waals surface area (Å²) in [5.74, 6) is -0.950. The number of amides is 2. The molecule has 10 heteroatoms. The van der Waals surface area contributed by atoms with Gasteiger partial charge in [0, 0.05) is 32.0 Å². The van der Waals surface area contributed by atoms with Crippen molar-refractivity contribution in [2.45, 2.75) is 26.6 Å². The molecule has 0 spiro atoms. The van der Waals surface area contributed by atoms with Gasteiger partial charge in [-0.25, -0.2) is 14.6 Å². The lowest BCUT2D eigenvalue weighted by Gasteiger charge is -2.22. The van der Waals surface area contributed by atoms with Crippen LogP contribution in [0, 0.1) is 0 Å². The van der Waals surface area contributed by atoms with E-state index >= 15 is 0 Å². The van der Waals surface area contributed by atoms with Gasteiger partial charge in [-0.3, -0.25) is 10.2 Å². The van der Waals surface area contributed by atoms with Crippen LogP contribution in [0.3, 0.4) is 0 Å². The lowest BCUT2D eigenvalue weighted by atomic mass is 10.3. The van der Waals surface area contributed by atoms with Crippen molar-refractivity contribution in [3.05, 3.63) is 24.5 Å². The summed E-state index contributed by atoms with van der Waals surface area (Å²) >= 11 is 0. The number of carbonyl (C=O) groups is 3. The number of aliphatic hydroxyl groups is 2. The summed E-state index contributed by atoms with van der Waals surface area (Å²) in [4.78, 5) is 32.0. The largest absolute Gasteiger partial charge is 0.516 e. The van der Waals surface area contributed by atoms with E-state index < -0.39 is 12.3 Å². The number of hydrogen-bond acceptors (Lipinski definition) is 8. The Morgan fingerprint density at radius 2 is 2.20 bits per heavy atom. The van der Waals surface area contributed by atoms with E-state index in [1.54, 1.807) is 0 Å². The lowest BCUT2D eigenvalue weighted by Crippen LogP contribution is -2.42. The number of ether oxygens (including phenoxy) is 2. The van der Waals surface area contributed by atoms with Gasteiger partial charge in [0.2, 0.25) is 12.2 Å². The number of nitrogens with zero attached hydrogens (tertiary/aromatic N) is 1. The van der Waals surface area contributed by atoms with E-state index in [2.05, 4.69) is 26.8 Å². The molecule has 0 bridgehead atoms. The Morgan fingerprint density at radius 1 is 1.52 bits per heavy atom. The third-order valence-electron chi connectivity index (χ3n) is 2.59. The van der Waals surface area contributed by atoms with Crippen molar-refractivity contribution in [1.82, 2.24) is 15.8 Å². The van der Waals surface area contributed by atoms with Gasteiger partial charge in [-0.15, -0.1) is 0 Å². The zero-order chi connectivity index (χ0) is 19.2.